The van der Waals surface area contributed by atoms with E-state index in [4.69, 9.17) is 4.74 Å². The molecule has 1 heterocycles. The third-order valence-corrected chi connectivity index (χ3v) is 4.21. The molecule has 0 bridgehead atoms. The van der Waals surface area contributed by atoms with Crippen molar-refractivity contribution in [3.63, 3.8) is 0 Å². The second-order valence-electron chi connectivity index (χ2n) is 5.60. The number of guanidine groups is 1. The fourth-order valence-electron chi connectivity index (χ4n) is 2.12. The molecule has 1 aromatic carbocycles. The van der Waals surface area contributed by atoms with Crippen molar-refractivity contribution in [3.8, 4) is 0 Å². The van der Waals surface area contributed by atoms with E-state index in [2.05, 4.69) is 20.6 Å². The summed E-state index contributed by atoms with van der Waals surface area (Å²) in [5, 5.41) is 17.3. The molecule has 0 aliphatic rings. The average Bonchev–Trinajstić information content (AvgIpc) is 3.04. The van der Waals surface area contributed by atoms with Gasteiger partial charge in [-0.1, -0.05) is 30.3 Å². The largest absolute Gasteiger partial charge is 0.389 e. The topological polar surface area (TPSA) is 78.8 Å². The van der Waals surface area contributed by atoms with Gasteiger partial charge in [0.15, 0.2) is 5.96 Å². The minimum atomic E-state index is -0.602. The molecule has 25 heavy (non-hydrogen) atoms. The molecule has 0 saturated carbocycles. The van der Waals surface area contributed by atoms with Crippen LogP contribution in [0.2, 0.25) is 0 Å². The van der Waals surface area contributed by atoms with Crippen LogP contribution in [0.25, 0.3) is 0 Å². The molecule has 3 N–H and O–H groups in total. The summed E-state index contributed by atoms with van der Waals surface area (Å²) in [5.74, 6) is 0.664. The molecule has 1 aromatic heterocycles. The minimum absolute atomic E-state index is 0.271. The van der Waals surface area contributed by atoms with Gasteiger partial charge in [-0.25, -0.2) is 9.98 Å². The maximum atomic E-state index is 10.1. The summed E-state index contributed by atoms with van der Waals surface area (Å²) in [5.41, 5.74) is 1.09. The quantitative estimate of drug-likeness (QED) is 0.470. The molecule has 1 atom stereocenters. The van der Waals surface area contributed by atoms with Crippen LogP contribution in [0.4, 0.5) is 0 Å². The van der Waals surface area contributed by atoms with Crippen molar-refractivity contribution in [2.24, 2.45) is 4.99 Å². The molecule has 0 saturated heterocycles. The van der Waals surface area contributed by atoms with E-state index in [9.17, 15) is 5.11 Å². The summed E-state index contributed by atoms with van der Waals surface area (Å²) in [6.45, 7) is 6.45. The molecule has 1 unspecified atom stereocenters. The van der Waals surface area contributed by atoms with Crippen LogP contribution in [0, 0.1) is 6.92 Å². The molecule has 2 aromatic rings. The molecule has 6 nitrogen and oxygen atoms in total. The van der Waals surface area contributed by atoms with Gasteiger partial charge in [0.1, 0.15) is 5.01 Å². The molecule has 0 amide bonds. The SMILES string of the molecule is CCNC(=NCc1ncc(C)s1)NCC(O)COCc1ccccc1. The molecule has 0 aliphatic heterocycles. The van der Waals surface area contributed by atoms with Gasteiger partial charge in [-0.2, -0.15) is 0 Å². The number of aliphatic hydroxyl groups excluding tert-OH is 1. The number of hydrogen-bond acceptors (Lipinski definition) is 5. The van der Waals surface area contributed by atoms with Gasteiger partial charge in [0.05, 0.1) is 25.9 Å². The first-order valence-corrected chi connectivity index (χ1v) is 9.22. The van der Waals surface area contributed by atoms with Crippen LogP contribution >= 0.6 is 11.3 Å². The van der Waals surface area contributed by atoms with Crippen LogP contribution in [0.1, 0.15) is 22.4 Å². The lowest BCUT2D eigenvalue weighted by Crippen LogP contribution is -2.42. The standard InChI is InChI=1S/C18H26N4O2S/c1-3-19-18(22-11-17-20-9-14(2)25-17)21-10-16(23)13-24-12-15-7-5-4-6-8-15/h4-9,16,23H,3,10-13H2,1-2H3,(H2,19,21,22). The smallest absolute Gasteiger partial charge is 0.191 e. The van der Waals surface area contributed by atoms with E-state index in [0.29, 0.717) is 25.7 Å². The van der Waals surface area contributed by atoms with E-state index in [1.807, 2.05) is 50.4 Å². The summed E-state index contributed by atoms with van der Waals surface area (Å²) < 4.78 is 5.55. The molecular formula is C18H26N4O2S. The molecule has 0 fully saturated rings. The second kappa shape index (κ2) is 10.8. The Balaban J connectivity index is 1.71. The number of ether oxygens (including phenoxy) is 1. The Bertz CT molecular complexity index is 646. The Morgan fingerprint density at radius 2 is 2.12 bits per heavy atom. The zero-order valence-electron chi connectivity index (χ0n) is 14.7. The Morgan fingerprint density at radius 3 is 2.80 bits per heavy atom. The predicted octanol–water partition coefficient (Wildman–Crippen LogP) is 2.08. The van der Waals surface area contributed by atoms with Crippen LogP contribution in [-0.4, -0.2) is 41.9 Å². The lowest BCUT2D eigenvalue weighted by Gasteiger charge is -2.15. The van der Waals surface area contributed by atoms with Crippen LogP contribution < -0.4 is 10.6 Å². The van der Waals surface area contributed by atoms with Gasteiger partial charge in [-0.05, 0) is 19.4 Å². The molecular weight excluding hydrogens is 336 g/mol. The van der Waals surface area contributed by atoms with Crippen LogP contribution in [0.5, 0.6) is 0 Å². The predicted molar refractivity (Wildman–Crippen MR) is 102 cm³/mol. The van der Waals surface area contributed by atoms with Crippen molar-refractivity contribution in [1.82, 2.24) is 15.6 Å². The lowest BCUT2D eigenvalue weighted by atomic mass is 10.2. The molecule has 136 valence electrons. The zero-order valence-corrected chi connectivity index (χ0v) is 15.6. The third-order valence-electron chi connectivity index (χ3n) is 3.31. The first-order valence-electron chi connectivity index (χ1n) is 8.40. The summed E-state index contributed by atoms with van der Waals surface area (Å²) >= 11 is 1.64. The van der Waals surface area contributed by atoms with Crippen molar-refractivity contribution in [3.05, 3.63) is 52.0 Å². The highest BCUT2D eigenvalue weighted by molar-refractivity contribution is 7.11. The van der Waals surface area contributed by atoms with E-state index in [1.54, 1.807) is 11.3 Å². The zero-order chi connectivity index (χ0) is 17.9. The maximum Gasteiger partial charge on any atom is 0.191 e. The molecule has 0 aliphatic carbocycles. The molecule has 0 spiro atoms. The van der Waals surface area contributed by atoms with Crippen molar-refractivity contribution in [2.45, 2.75) is 33.1 Å². The number of aliphatic hydroxyl groups is 1. The van der Waals surface area contributed by atoms with E-state index in [0.717, 1.165) is 17.1 Å². The third kappa shape index (κ3) is 7.64. The summed E-state index contributed by atoms with van der Waals surface area (Å²) in [6, 6.07) is 9.91. The van der Waals surface area contributed by atoms with Gasteiger partial charge in [0, 0.05) is 24.2 Å². The number of benzene rings is 1. The van der Waals surface area contributed by atoms with Gasteiger partial charge >= 0.3 is 0 Å². The Labute approximate surface area is 153 Å². The Kier molecular flexibility index (Phi) is 8.38. The Morgan fingerprint density at radius 1 is 1.32 bits per heavy atom. The molecule has 2 rings (SSSR count). The number of nitrogens with one attached hydrogen (secondary N) is 2. The molecule has 7 heteroatoms. The van der Waals surface area contributed by atoms with E-state index in [-0.39, 0.29) is 6.61 Å². The fourth-order valence-corrected chi connectivity index (χ4v) is 2.84. The van der Waals surface area contributed by atoms with Gasteiger partial charge in [0.2, 0.25) is 0 Å². The average molecular weight is 362 g/mol. The number of aryl methyl sites for hydroxylation is 1. The normalized spacial score (nSPS) is 12.8. The monoisotopic (exact) mass is 362 g/mol. The second-order valence-corrected chi connectivity index (χ2v) is 6.91. The first kappa shape index (κ1) is 19.4. The van der Waals surface area contributed by atoms with Gasteiger partial charge in [-0.15, -0.1) is 11.3 Å². The van der Waals surface area contributed by atoms with E-state index in [1.165, 1.54) is 4.88 Å². The summed E-state index contributed by atoms with van der Waals surface area (Å²) in [4.78, 5) is 9.96. The van der Waals surface area contributed by atoms with Crippen LogP contribution in [0.15, 0.2) is 41.5 Å². The number of thiazole rings is 1. The van der Waals surface area contributed by atoms with Crippen LogP contribution in [0.3, 0.4) is 0 Å². The van der Waals surface area contributed by atoms with E-state index < -0.39 is 6.10 Å². The highest BCUT2D eigenvalue weighted by Gasteiger charge is 2.07. The fraction of sp³-hybridized carbons (Fsp3) is 0.444. The highest BCUT2D eigenvalue weighted by atomic mass is 32.1. The van der Waals surface area contributed by atoms with Crippen molar-refractivity contribution in [1.29, 1.82) is 0 Å². The van der Waals surface area contributed by atoms with Crippen molar-refractivity contribution < 1.29 is 9.84 Å². The Hall–Kier alpha value is -1.96. The lowest BCUT2D eigenvalue weighted by molar-refractivity contribution is 0.0308. The van der Waals surface area contributed by atoms with Gasteiger partial charge < -0.3 is 20.5 Å². The molecule has 0 radical (unpaired) electrons. The van der Waals surface area contributed by atoms with Crippen molar-refractivity contribution in [2.75, 3.05) is 19.7 Å². The van der Waals surface area contributed by atoms with Crippen molar-refractivity contribution >= 4 is 17.3 Å². The summed E-state index contributed by atoms with van der Waals surface area (Å²) in [7, 11) is 0. The number of rotatable bonds is 9. The first-order chi connectivity index (χ1) is 12.2. The minimum Gasteiger partial charge on any atom is -0.389 e. The number of nitrogens with zero attached hydrogens (tertiary/aromatic N) is 2. The summed E-state index contributed by atoms with van der Waals surface area (Å²) in [6.07, 6.45) is 1.25. The van der Waals surface area contributed by atoms with Gasteiger partial charge in [0.25, 0.3) is 0 Å². The maximum absolute atomic E-state index is 10.1. The van der Waals surface area contributed by atoms with Crippen LogP contribution in [-0.2, 0) is 17.9 Å². The number of aliphatic imine (C=N–C) groups is 1. The highest BCUT2D eigenvalue weighted by Crippen LogP contribution is 2.11. The van der Waals surface area contributed by atoms with E-state index >= 15 is 0 Å². The van der Waals surface area contributed by atoms with Gasteiger partial charge in [-0.3, -0.25) is 0 Å². The number of aromatic nitrogens is 1. The number of hydrogen-bond donors (Lipinski definition) is 3.